The number of aromatic nitrogens is 2. The number of hydrogen-bond donors (Lipinski definition) is 2. The first-order valence-electron chi connectivity index (χ1n) is 6.38. The second-order valence-corrected chi connectivity index (χ2v) is 4.45. The van der Waals surface area contributed by atoms with E-state index in [1.165, 1.54) is 0 Å². The Hall–Kier alpha value is -1.81. The molecule has 0 unspecified atom stereocenters. The van der Waals surface area contributed by atoms with Crippen molar-refractivity contribution in [3.63, 3.8) is 0 Å². The fourth-order valence-corrected chi connectivity index (χ4v) is 1.91. The van der Waals surface area contributed by atoms with Crippen LogP contribution < -0.4 is 11.5 Å². The summed E-state index contributed by atoms with van der Waals surface area (Å²) in [6, 6.07) is 9.95. The Labute approximate surface area is 108 Å². The number of nitrogens with two attached hydrogens (primary N) is 2. The van der Waals surface area contributed by atoms with Crippen LogP contribution in [0.15, 0.2) is 30.3 Å². The first-order valence-corrected chi connectivity index (χ1v) is 6.38. The predicted molar refractivity (Wildman–Crippen MR) is 74.5 cm³/mol. The summed E-state index contributed by atoms with van der Waals surface area (Å²) in [7, 11) is 0. The van der Waals surface area contributed by atoms with Gasteiger partial charge in [0.15, 0.2) is 0 Å². The second-order valence-electron chi connectivity index (χ2n) is 4.45. The Morgan fingerprint density at radius 3 is 2.56 bits per heavy atom. The summed E-state index contributed by atoms with van der Waals surface area (Å²) in [5.74, 6) is 0.682. The molecule has 0 saturated heterocycles. The van der Waals surface area contributed by atoms with Gasteiger partial charge in [0, 0.05) is 12.6 Å². The first kappa shape index (κ1) is 12.6. The Morgan fingerprint density at radius 1 is 1.22 bits per heavy atom. The fraction of sp³-hybridized carbons (Fsp3) is 0.357. The molecule has 2 rings (SSSR count). The van der Waals surface area contributed by atoms with Gasteiger partial charge in [-0.05, 0) is 30.5 Å². The molecule has 0 spiro atoms. The van der Waals surface area contributed by atoms with E-state index in [9.17, 15) is 0 Å². The van der Waals surface area contributed by atoms with E-state index in [1.54, 1.807) is 4.68 Å². The number of nitrogen functional groups attached to an aromatic ring is 1. The minimum atomic E-state index is 0.552. The molecule has 0 radical (unpaired) electrons. The summed E-state index contributed by atoms with van der Waals surface area (Å²) in [5.41, 5.74) is 14.7. The largest absolute Gasteiger partial charge is 0.384 e. The number of unbranched alkanes of at least 4 members (excludes halogenated alkanes) is 1. The Balaban J connectivity index is 2.23. The van der Waals surface area contributed by atoms with Crippen LogP contribution in [0.25, 0.3) is 5.69 Å². The molecule has 0 atom stereocenters. The van der Waals surface area contributed by atoms with Crippen LogP contribution in [0.2, 0.25) is 0 Å². The topological polar surface area (TPSA) is 69.9 Å². The molecular weight excluding hydrogens is 224 g/mol. The van der Waals surface area contributed by atoms with E-state index >= 15 is 0 Å². The van der Waals surface area contributed by atoms with E-state index in [1.807, 2.05) is 30.3 Å². The third kappa shape index (κ3) is 2.71. The van der Waals surface area contributed by atoms with E-state index in [0.717, 1.165) is 36.2 Å². The van der Waals surface area contributed by atoms with Gasteiger partial charge in [0.1, 0.15) is 5.82 Å². The average molecular weight is 244 g/mol. The average Bonchev–Trinajstić information content (AvgIpc) is 2.78. The Kier molecular flexibility index (Phi) is 3.99. The lowest BCUT2D eigenvalue weighted by Gasteiger charge is -2.04. The second kappa shape index (κ2) is 5.69. The van der Waals surface area contributed by atoms with Crippen molar-refractivity contribution in [1.82, 2.24) is 9.78 Å². The van der Waals surface area contributed by atoms with Crippen molar-refractivity contribution in [2.24, 2.45) is 5.73 Å². The lowest BCUT2D eigenvalue weighted by molar-refractivity contribution is 0.753. The predicted octanol–water partition coefficient (Wildman–Crippen LogP) is 2.26. The third-order valence-electron chi connectivity index (χ3n) is 2.99. The van der Waals surface area contributed by atoms with E-state index in [2.05, 4.69) is 12.0 Å². The highest BCUT2D eigenvalue weighted by molar-refractivity contribution is 5.43. The highest BCUT2D eigenvalue weighted by atomic mass is 15.3. The smallest absolute Gasteiger partial charge is 0.127 e. The van der Waals surface area contributed by atoms with Gasteiger partial charge in [-0.15, -0.1) is 0 Å². The first-order chi connectivity index (χ1) is 8.74. The van der Waals surface area contributed by atoms with Gasteiger partial charge in [-0.2, -0.15) is 5.10 Å². The Bertz CT molecular complexity index is 499. The third-order valence-corrected chi connectivity index (χ3v) is 2.99. The van der Waals surface area contributed by atoms with Crippen molar-refractivity contribution in [2.75, 3.05) is 5.73 Å². The zero-order valence-electron chi connectivity index (χ0n) is 10.8. The molecule has 96 valence electrons. The summed E-state index contributed by atoms with van der Waals surface area (Å²) in [6.45, 7) is 2.72. The zero-order valence-corrected chi connectivity index (χ0v) is 10.8. The number of aryl methyl sites for hydroxylation is 1. The molecule has 18 heavy (non-hydrogen) atoms. The molecule has 4 N–H and O–H groups in total. The molecule has 0 fully saturated rings. The van der Waals surface area contributed by atoms with Crippen molar-refractivity contribution >= 4 is 5.82 Å². The summed E-state index contributed by atoms with van der Waals surface area (Å²) in [4.78, 5) is 0. The molecule has 0 amide bonds. The van der Waals surface area contributed by atoms with Crippen LogP contribution in [0.5, 0.6) is 0 Å². The van der Waals surface area contributed by atoms with E-state index < -0.39 is 0 Å². The van der Waals surface area contributed by atoms with Gasteiger partial charge in [0.05, 0.1) is 11.4 Å². The van der Waals surface area contributed by atoms with Crippen LogP contribution in [-0.4, -0.2) is 9.78 Å². The molecule has 0 aliphatic heterocycles. The summed E-state index contributed by atoms with van der Waals surface area (Å²) < 4.78 is 1.78. The van der Waals surface area contributed by atoms with Crippen LogP contribution in [0.3, 0.4) is 0 Å². The van der Waals surface area contributed by atoms with E-state index in [0.29, 0.717) is 12.4 Å². The van der Waals surface area contributed by atoms with E-state index in [4.69, 9.17) is 11.5 Å². The molecule has 1 aromatic carbocycles. The van der Waals surface area contributed by atoms with Gasteiger partial charge in [-0.3, -0.25) is 0 Å². The number of rotatable bonds is 5. The molecule has 4 heteroatoms. The highest BCUT2D eigenvalue weighted by Gasteiger charge is 2.06. The van der Waals surface area contributed by atoms with Gasteiger partial charge >= 0.3 is 0 Å². The maximum atomic E-state index is 5.99. The number of nitrogens with zero attached hydrogens (tertiary/aromatic N) is 2. The summed E-state index contributed by atoms with van der Waals surface area (Å²) >= 11 is 0. The summed E-state index contributed by atoms with van der Waals surface area (Å²) in [6.07, 6.45) is 3.29. The number of anilines is 1. The van der Waals surface area contributed by atoms with Gasteiger partial charge in [0.25, 0.3) is 0 Å². The fourth-order valence-electron chi connectivity index (χ4n) is 1.91. The van der Waals surface area contributed by atoms with E-state index in [-0.39, 0.29) is 0 Å². The quantitative estimate of drug-likeness (QED) is 0.847. The molecule has 0 aliphatic rings. The minimum Gasteiger partial charge on any atom is -0.384 e. The molecule has 0 saturated carbocycles. The molecular formula is C14H20N4. The van der Waals surface area contributed by atoms with Crippen molar-refractivity contribution in [1.29, 1.82) is 0 Å². The van der Waals surface area contributed by atoms with Crippen molar-refractivity contribution in [3.05, 3.63) is 41.6 Å². The van der Waals surface area contributed by atoms with Gasteiger partial charge in [0.2, 0.25) is 0 Å². The van der Waals surface area contributed by atoms with Gasteiger partial charge in [-0.25, -0.2) is 4.68 Å². The van der Waals surface area contributed by atoms with Crippen LogP contribution in [0, 0.1) is 0 Å². The SMILES string of the molecule is CCCCc1cc(N)n(-c2ccc(CN)cc2)n1. The maximum absolute atomic E-state index is 5.99. The lowest BCUT2D eigenvalue weighted by atomic mass is 10.2. The van der Waals surface area contributed by atoms with Crippen LogP contribution >= 0.6 is 0 Å². The molecule has 1 aromatic heterocycles. The van der Waals surface area contributed by atoms with Crippen LogP contribution in [0.1, 0.15) is 31.0 Å². The van der Waals surface area contributed by atoms with Crippen molar-refractivity contribution in [2.45, 2.75) is 32.7 Å². The number of benzene rings is 1. The molecule has 2 aromatic rings. The number of hydrogen-bond acceptors (Lipinski definition) is 3. The van der Waals surface area contributed by atoms with Gasteiger partial charge < -0.3 is 11.5 Å². The van der Waals surface area contributed by atoms with Crippen molar-refractivity contribution < 1.29 is 0 Å². The zero-order chi connectivity index (χ0) is 13.0. The normalized spacial score (nSPS) is 10.8. The lowest BCUT2D eigenvalue weighted by Crippen LogP contribution is -2.03. The minimum absolute atomic E-state index is 0.552. The maximum Gasteiger partial charge on any atom is 0.127 e. The standard InChI is InChI=1S/C14H20N4/c1-2-3-4-12-9-14(16)18(17-12)13-7-5-11(10-15)6-8-13/h5-9H,2-4,10,15-16H2,1H3. The summed E-state index contributed by atoms with van der Waals surface area (Å²) in [5, 5.41) is 4.53. The van der Waals surface area contributed by atoms with Crippen LogP contribution in [-0.2, 0) is 13.0 Å². The van der Waals surface area contributed by atoms with Crippen LogP contribution in [0.4, 0.5) is 5.82 Å². The molecule has 1 heterocycles. The Morgan fingerprint density at radius 2 is 1.94 bits per heavy atom. The molecule has 0 bridgehead atoms. The monoisotopic (exact) mass is 244 g/mol. The molecule has 4 nitrogen and oxygen atoms in total. The molecule has 0 aliphatic carbocycles. The van der Waals surface area contributed by atoms with Gasteiger partial charge in [-0.1, -0.05) is 25.5 Å². The highest BCUT2D eigenvalue weighted by Crippen LogP contribution is 2.16. The van der Waals surface area contributed by atoms with Crippen molar-refractivity contribution in [3.8, 4) is 5.69 Å².